The smallest absolute Gasteiger partial charge is 0.239 e. The van der Waals surface area contributed by atoms with E-state index in [0.29, 0.717) is 24.1 Å². The van der Waals surface area contributed by atoms with Gasteiger partial charge < -0.3 is 10.6 Å². The van der Waals surface area contributed by atoms with Gasteiger partial charge in [0, 0.05) is 29.9 Å². The van der Waals surface area contributed by atoms with Crippen LogP contribution in [0, 0.1) is 0 Å². The van der Waals surface area contributed by atoms with Crippen LogP contribution in [0.4, 0.5) is 11.8 Å². The molecule has 26 heavy (non-hydrogen) atoms. The molecule has 6 nitrogen and oxygen atoms in total. The number of carbonyl (C=O) groups excluding carboxylic acids is 1. The van der Waals surface area contributed by atoms with Gasteiger partial charge in [0.25, 0.3) is 0 Å². The predicted octanol–water partition coefficient (Wildman–Crippen LogP) is 2.77. The van der Waals surface area contributed by atoms with Gasteiger partial charge in [-0.2, -0.15) is 4.98 Å². The van der Waals surface area contributed by atoms with Crippen molar-refractivity contribution in [2.45, 2.75) is 81.8 Å². The maximum Gasteiger partial charge on any atom is 0.239 e. The monoisotopic (exact) mass is 377 g/mol. The highest BCUT2D eigenvalue weighted by Gasteiger charge is 2.61. The zero-order valence-corrected chi connectivity index (χ0v) is 16.1. The van der Waals surface area contributed by atoms with E-state index in [4.69, 9.17) is 4.98 Å². The van der Waals surface area contributed by atoms with Crippen LogP contribution in [0.3, 0.4) is 0 Å². The van der Waals surface area contributed by atoms with E-state index in [2.05, 4.69) is 22.5 Å². The lowest BCUT2D eigenvalue weighted by Crippen LogP contribution is -2.41. The van der Waals surface area contributed by atoms with Crippen molar-refractivity contribution in [2.75, 3.05) is 16.8 Å². The van der Waals surface area contributed by atoms with Crippen LogP contribution in [0.2, 0.25) is 0 Å². The van der Waals surface area contributed by atoms with Gasteiger partial charge in [0.1, 0.15) is 5.82 Å². The molecule has 1 spiro atoms. The lowest BCUT2D eigenvalue weighted by atomic mass is 10.0. The lowest BCUT2D eigenvalue weighted by Gasteiger charge is -2.29. The predicted molar refractivity (Wildman–Crippen MR) is 104 cm³/mol. The van der Waals surface area contributed by atoms with E-state index in [1.54, 1.807) is 0 Å². The SMILES string of the molecule is CC1CC(Nc2ncc3c(n2)N(C2CCCC2)C(=O)C32CC2)CCN1.Cl. The van der Waals surface area contributed by atoms with E-state index >= 15 is 0 Å². The first-order valence-corrected chi connectivity index (χ1v) is 9.88. The largest absolute Gasteiger partial charge is 0.351 e. The topological polar surface area (TPSA) is 70.2 Å². The molecule has 0 radical (unpaired) electrons. The van der Waals surface area contributed by atoms with Gasteiger partial charge in [-0.05, 0) is 52.0 Å². The van der Waals surface area contributed by atoms with Crippen LogP contribution in [0.1, 0.15) is 63.9 Å². The number of nitrogens with one attached hydrogen (secondary N) is 2. The summed E-state index contributed by atoms with van der Waals surface area (Å²) in [5.74, 6) is 1.87. The molecule has 1 aromatic heterocycles. The Bertz CT molecular complexity index is 701. The number of hydrogen-bond acceptors (Lipinski definition) is 5. The average Bonchev–Trinajstić information content (AvgIpc) is 3.16. The molecule has 3 heterocycles. The lowest BCUT2D eigenvalue weighted by molar-refractivity contribution is -0.120. The standard InChI is InChI=1S/C19H27N5O.ClH/c1-12-10-13(6-9-20-12)22-18-21-11-15-16(23-18)24(14-4-2-3-5-14)17(25)19(15)7-8-19;/h11-14,20H,2-10H2,1H3,(H,21,22,23);1H. The Labute approximate surface area is 160 Å². The molecule has 142 valence electrons. The van der Waals surface area contributed by atoms with E-state index in [-0.39, 0.29) is 23.7 Å². The van der Waals surface area contributed by atoms with Crippen molar-refractivity contribution in [2.24, 2.45) is 0 Å². The average molecular weight is 378 g/mol. The molecule has 0 aromatic carbocycles. The summed E-state index contributed by atoms with van der Waals surface area (Å²) >= 11 is 0. The molecule has 1 aromatic rings. The fraction of sp³-hybridized carbons (Fsp3) is 0.737. The minimum atomic E-state index is -0.278. The number of rotatable bonds is 3. The Hall–Kier alpha value is -1.40. The van der Waals surface area contributed by atoms with Gasteiger partial charge in [0.2, 0.25) is 11.9 Å². The van der Waals surface area contributed by atoms with E-state index < -0.39 is 0 Å². The van der Waals surface area contributed by atoms with Crippen LogP contribution < -0.4 is 15.5 Å². The second-order valence-corrected chi connectivity index (χ2v) is 8.35. The van der Waals surface area contributed by atoms with E-state index in [1.165, 1.54) is 12.8 Å². The molecule has 1 saturated heterocycles. The van der Waals surface area contributed by atoms with Crippen LogP contribution in [0.5, 0.6) is 0 Å². The van der Waals surface area contributed by atoms with E-state index in [1.807, 2.05) is 11.1 Å². The molecule has 2 aliphatic heterocycles. The summed E-state index contributed by atoms with van der Waals surface area (Å²) in [5.41, 5.74) is 0.799. The van der Waals surface area contributed by atoms with Gasteiger partial charge in [-0.3, -0.25) is 9.69 Å². The van der Waals surface area contributed by atoms with Gasteiger partial charge >= 0.3 is 0 Å². The van der Waals surface area contributed by atoms with Crippen molar-refractivity contribution in [1.29, 1.82) is 0 Å². The molecular weight excluding hydrogens is 350 g/mol. The molecule has 2 atom stereocenters. The van der Waals surface area contributed by atoms with Crippen molar-refractivity contribution < 1.29 is 4.79 Å². The Morgan fingerprint density at radius 3 is 2.73 bits per heavy atom. The molecule has 2 saturated carbocycles. The van der Waals surface area contributed by atoms with Crippen LogP contribution in [-0.2, 0) is 10.2 Å². The summed E-state index contributed by atoms with van der Waals surface area (Å²) in [7, 11) is 0. The van der Waals surface area contributed by atoms with Crippen molar-refractivity contribution >= 4 is 30.1 Å². The first-order valence-electron chi connectivity index (χ1n) is 9.88. The van der Waals surface area contributed by atoms with Gasteiger partial charge in [-0.1, -0.05) is 12.8 Å². The summed E-state index contributed by atoms with van der Waals surface area (Å²) in [6.07, 6.45) is 10.7. The Morgan fingerprint density at radius 1 is 1.27 bits per heavy atom. The Morgan fingerprint density at radius 2 is 2.04 bits per heavy atom. The second-order valence-electron chi connectivity index (χ2n) is 8.35. The number of amides is 1. The third kappa shape index (κ3) is 2.78. The van der Waals surface area contributed by atoms with E-state index in [0.717, 1.165) is 56.5 Å². The molecule has 5 rings (SSSR count). The molecule has 2 N–H and O–H groups in total. The first kappa shape index (κ1) is 18.0. The number of carbonyl (C=O) groups is 1. The minimum absolute atomic E-state index is 0. The highest BCUT2D eigenvalue weighted by Crippen LogP contribution is 2.57. The molecular formula is C19H28ClN5O. The van der Waals surface area contributed by atoms with Gasteiger partial charge in [-0.15, -0.1) is 12.4 Å². The fourth-order valence-electron chi connectivity index (χ4n) is 4.96. The number of hydrogen-bond donors (Lipinski definition) is 2. The quantitative estimate of drug-likeness (QED) is 0.847. The third-order valence-corrected chi connectivity index (χ3v) is 6.54. The van der Waals surface area contributed by atoms with Gasteiger partial charge in [0.05, 0.1) is 5.41 Å². The van der Waals surface area contributed by atoms with Crippen molar-refractivity contribution in [1.82, 2.24) is 15.3 Å². The normalized spacial score (nSPS) is 29.6. The Balaban J connectivity index is 0.00000168. The zero-order chi connectivity index (χ0) is 17.0. The van der Waals surface area contributed by atoms with Crippen LogP contribution >= 0.6 is 12.4 Å². The van der Waals surface area contributed by atoms with E-state index in [9.17, 15) is 4.79 Å². The first-order chi connectivity index (χ1) is 12.2. The number of fused-ring (bicyclic) bond motifs is 2. The molecule has 2 unspecified atom stereocenters. The maximum atomic E-state index is 13.1. The number of nitrogens with zero attached hydrogens (tertiary/aromatic N) is 3. The number of halogens is 1. The summed E-state index contributed by atoms with van der Waals surface area (Å²) in [5, 5.41) is 6.99. The van der Waals surface area contributed by atoms with Crippen LogP contribution in [0.25, 0.3) is 0 Å². The maximum absolute atomic E-state index is 13.1. The molecule has 1 amide bonds. The summed E-state index contributed by atoms with van der Waals surface area (Å²) in [6, 6.07) is 1.26. The summed E-state index contributed by atoms with van der Waals surface area (Å²) in [4.78, 5) is 24.6. The molecule has 2 aliphatic carbocycles. The van der Waals surface area contributed by atoms with Crippen molar-refractivity contribution in [3.05, 3.63) is 11.8 Å². The molecule has 7 heteroatoms. The molecule has 0 bridgehead atoms. The van der Waals surface area contributed by atoms with Crippen molar-refractivity contribution in [3.8, 4) is 0 Å². The number of anilines is 2. The van der Waals surface area contributed by atoms with Crippen molar-refractivity contribution in [3.63, 3.8) is 0 Å². The number of piperidine rings is 1. The second kappa shape index (κ2) is 6.64. The summed E-state index contributed by atoms with van der Waals surface area (Å²) < 4.78 is 0. The fourth-order valence-corrected chi connectivity index (χ4v) is 4.96. The molecule has 4 aliphatic rings. The van der Waals surface area contributed by atoms with Gasteiger partial charge in [-0.25, -0.2) is 4.98 Å². The summed E-state index contributed by atoms with van der Waals surface area (Å²) in [6.45, 7) is 3.24. The van der Waals surface area contributed by atoms with Crippen LogP contribution in [-0.4, -0.2) is 40.5 Å². The minimum Gasteiger partial charge on any atom is -0.351 e. The highest BCUT2D eigenvalue weighted by atomic mass is 35.5. The zero-order valence-electron chi connectivity index (χ0n) is 15.3. The van der Waals surface area contributed by atoms with Gasteiger partial charge in [0.15, 0.2) is 0 Å². The highest BCUT2D eigenvalue weighted by molar-refractivity contribution is 6.09. The number of aromatic nitrogens is 2. The van der Waals surface area contributed by atoms with Crippen LogP contribution in [0.15, 0.2) is 6.20 Å². The molecule has 3 fully saturated rings. The third-order valence-electron chi connectivity index (χ3n) is 6.54. The Kier molecular flexibility index (Phi) is 4.59.